The largest absolute Gasteiger partial charge is 0.355 e. The number of nitrogens with zero attached hydrogens (tertiary/aromatic N) is 2. The zero-order valence-corrected chi connectivity index (χ0v) is 14.9. The Morgan fingerprint density at radius 3 is 2.83 bits per heavy atom. The first-order chi connectivity index (χ1) is 11.0. The maximum atomic E-state index is 12.6. The Morgan fingerprint density at radius 1 is 1.39 bits per heavy atom. The molecule has 1 aliphatic heterocycles. The number of para-hydroxylation sites is 1. The molecule has 0 aliphatic carbocycles. The second-order valence-corrected chi connectivity index (χ2v) is 7.73. The van der Waals surface area contributed by atoms with Gasteiger partial charge in [0, 0.05) is 26.2 Å². The van der Waals surface area contributed by atoms with Gasteiger partial charge in [0.05, 0.1) is 11.4 Å². The van der Waals surface area contributed by atoms with E-state index in [1.807, 2.05) is 24.3 Å². The van der Waals surface area contributed by atoms with Crippen molar-refractivity contribution in [1.82, 2.24) is 10.6 Å². The number of nitrogens with one attached hydrogen (secondary N) is 2. The fourth-order valence-electron chi connectivity index (χ4n) is 2.54. The third-order valence-corrected chi connectivity index (χ3v) is 5.82. The summed E-state index contributed by atoms with van der Waals surface area (Å²) in [4.78, 5) is 4.12. The lowest BCUT2D eigenvalue weighted by Gasteiger charge is -2.21. The third-order valence-electron chi connectivity index (χ3n) is 4.05. The standard InChI is InChI=1S/C16H26N4O2S/c1-4-13(2)19-16(17-3)18-10-12-23(21,22)20-11-9-14-7-5-6-8-15(14)20/h5-8,13H,4,9-12H2,1-3H3,(H2,17,18,19). The summed E-state index contributed by atoms with van der Waals surface area (Å²) in [5.41, 5.74) is 1.91. The van der Waals surface area contributed by atoms with E-state index in [9.17, 15) is 8.42 Å². The fourth-order valence-corrected chi connectivity index (χ4v) is 3.96. The summed E-state index contributed by atoms with van der Waals surface area (Å²) in [6.07, 6.45) is 1.75. The van der Waals surface area contributed by atoms with Crippen LogP contribution in [-0.2, 0) is 16.4 Å². The maximum absolute atomic E-state index is 12.6. The van der Waals surface area contributed by atoms with Gasteiger partial charge in [0.2, 0.25) is 10.0 Å². The Kier molecular flexibility index (Phi) is 5.87. The molecule has 2 rings (SSSR count). The Morgan fingerprint density at radius 2 is 2.13 bits per heavy atom. The highest BCUT2D eigenvalue weighted by atomic mass is 32.2. The molecule has 1 aromatic carbocycles. The zero-order chi connectivity index (χ0) is 16.9. The Labute approximate surface area is 139 Å². The molecule has 0 aromatic heterocycles. The van der Waals surface area contributed by atoms with Gasteiger partial charge in [-0.2, -0.15) is 0 Å². The molecule has 0 bridgehead atoms. The average molecular weight is 338 g/mol. The topological polar surface area (TPSA) is 73.8 Å². The van der Waals surface area contributed by atoms with Crippen LogP contribution in [-0.4, -0.2) is 46.3 Å². The van der Waals surface area contributed by atoms with E-state index in [0.29, 0.717) is 25.1 Å². The molecule has 128 valence electrons. The van der Waals surface area contributed by atoms with Gasteiger partial charge in [-0.25, -0.2) is 8.42 Å². The van der Waals surface area contributed by atoms with E-state index in [1.54, 1.807) is 7.05 Å². The summed E-state index contributed by atoms with van der Waals surface area (Å²) in [5, 5.41) is 6.29. The van der Waals surface area contributed by atoms with Crippen LogP contribution in [0.1, 0.15) is 25.8 Å². The van der Waals surface area contributed by atoms with Crippen molar-refractivity contribution >= 4 is 21.7 Å². The van der Waals surface area contributed by atoms with Gasteiger partial charge in [-0.05, 0) is 31.4 Å². The second-order valence-electron chi connectivity index (χ2n) is 5.72. The van der Waals surface area contributed by atoms with Gasteiger partial charge in [-0.15, -0.1) is 0 Å². The number of sulfonamides is 1. The number of rotatable bonds is 6. The monoisotopic (exact) mass is 338 g/mol. The molecule has 0 fully saturated rings. The second kappa shape index (κ2) is 7.68. The molecule has 1 atom stereocenters. The number of benzene rings is 1. The Hall–Kier alpha value is -1.76. The van der Waals surface area contributed by atoms with Crippen LogP contribution >= 0.6 is 0 Å². The quantitative estimate of drug-likeness (QED) is 0.606. The van der Waals surface area contributed by atoms with E-state index in [4.69, 9.17) is 0 Å². The lowest BCUT2D eigenvalue weighted by molar-refractivity contribution is 0.589. The first-order valence-corrected chi connectivity index (χ1v) is 9.64. The van der Waals surface area contributed by atoms with Gasteiger partial charge in [0.1, 0.15) is 0 Å². The molecule has 6 nitrogen and oxygen atoms in total. The lowest BCUT2D eigenvalue weighted by atomic mass is 10.2. The number of guanidine groups is 1. The predicted octanol–water partition coefficient (Wildman–Crippen LogP) is 1.34. The van der Waals surface area contributed by atoms with Crippen LogP contribution in [0.4, 0.5) is 5.69 Å². The van der Waals surface area contributed by atoms with E-state index < -0.39 is 10.0 Å². The van der Waals surface area contributed by atoms with Crippen LogP contribution in [0.3, 0.4) is 0 Å². The minimum absolute atomic E-state index is 0.0442. The van der Waals surface area contributed by atoms with Crippen molar-refractivity contribution in [2.75, 3.05) is 30.2 Å². The van der Waals surface area contributed by atoms with Crippen LogP contribution in [0, 0.1) is 0 Å². The van der Waals surface area contributed by atoms with Crippen LogP contribution in [0.25, 0.3) is 0 Å². The van der Waals surface area contributed by atoms with Crippen molar-refractivity contribution in [1.29, 1.82) is 0 Å². The Balaban J connectivity index is 1.93. The zero-order valence-electron chi connectivity index (χ0n) is 14.0. The van der Waals surface area contributed by atoms with Crippen LogP contribution in [0.2, 0.25) is 0 Å². The SMILES string of the molecule is CCC(C)NC(=NC)NCCS(=O)(=O)N1CCc2ccccc21. The third kappa shape index (κ3) is 4.37. The highest BCUT2D eigenvalue weighted by Gasteiger charge is 2.28. The molecular weight excluding hydrogens is 312 g/mol. The highest BCUT2D eigenvalue weighted by Crippen LogP contribution is 2.29. The fraction of sp³-hybridized carbons (Fsp3) is 0.562. The number of hydrogen-bond acceptors (Lipinski definition) is 3. The predicted molar refractivity (Wildman–Crippen MR) is 95.5 cm³/mol. The molecule has 1 heterocycles. The van der Waals surface area contributed by atoms with Crippen LogP contribution < -0.4 is 14.9 Å². The molecule has 1 unspecified atom stereocenters. The maximum Gasteiger partial charge on any atom is 0.236 e. The molecule has 23 heavy (non-hydrogen) atoms. The summed E-state index contributed by atoms with van der Waals surface area (Å²) in [7, 11) is -1.64. The smallest absolute Gasteiger partial charge is 0.236 e. The van der Waals surface area contributed by atoms with Crippen molar-refractivity contribution in [2.45, 2.75) is 32.7 Å². The van der Waals surface area contributed by atoms with Crippen molar-refractivity contribution in [3.63, 3.8) is 0 Å². The first-order valence-electron chi connectivity index (χ1n) is 8.03. The van der Waals surface area contributed by atoms with Gasteiger partial charge in [0.15, 0.2) is 5.96 Å². The van der Waals surface area contributed by atoms with E-state index in [1.165, 1.54) is 4.31 Å². The average Bonchev–Trinajstić information content (AvgIpc) is 2.98. The Bertz CT molecular complexity index is 658. The van der Waals surface area contributed by atoms with E-state index in [2.05, 4.69) is 29.5 Å². The van der Waals surface area contributed by atoms with Gasteiger partial charge in [-0.1, -0.05) is 25.1 Å². The summed E-state index contributed by atoms with van der Waals surface area (Å²) in [6, 6.07) is 7.98. The summed E-state index contributed by atoms with van der Waals surface area (Å²) in [6.45, 7) is 5.00. The van der Waals surface area contributed by atoms with Gasteiger partial charge < -0.3 is 10.6 Å². The number of anilines is 1. The van der Waals surface area contributed by atoms with Gasteiger partial charge in [-0.3, -0.25) is 9.30 Å². The molecule has 0 amide bonds. The van der Waals surface area contributed by atoms with E-state index >= 15 is 0 Å². The molecule has 7 heteroatoms. The highest BCUT2D eigenvalue weighted by molar-refractivity contribution is 7.92. The van der Waals surface area contributed by atoms with Gasteiger partial charge in [0.25, 0.3) is 0 Å². The molecule has 0 radical (unpaired) electrons. The van der Waals surface area contributed by atoms with Crippen LogP contribution in [0.15, 0.2) is 29.3 Å². The molecule has 0 saturated carbocycles. The summed E-state index contributed by atoms with van der Waals surface area (Å²) < 4.78 is 26.7. The molecule has 0 saturated heterocycles. The number of hydrogen-bond donors (Lipinski definition) is 2. The normalized spacial score (nSPS) is 16.1. The molecule has 1 aliphatic rings. The number of fused-ring (bicyclic) bond motifs is 1. The minimum Gasteiger partial charge on any atom is -0.355 e. The number of aliphatic imine (C=N–C) groups is 1. The van der Waals surface area contributed by atoms with Crippen molar-refractivity contribution in [3.05, 3.63) is 29.8 Å². The first kappa shape index (κ1) is 17.6. The van der Waals surface area contributed by atoms with E-state index in [-0.39, 0.29) is 5.75 Å². The summed E-state index contributed by atoms with van der Waals surface area (Å²) >= 11 is 0. The molecule has 1 aromatic rings. The minimum atomic E-state index is -3.32. The van der Waals surface area contributed by atoms with E-state index in [0.717, 1.165) is 24.1 Å². The van der Waals surface area contributed by atoms with Crippen molar-refractivity contribution < 1.29 is 8.42 Å². The van der Waals surface area contributed by atoms with Crippen molar-refractivity contribution in [3.8, 4) is 0 Å². The lowest BCUT2D eigenvalue weighted by Crippen LogP contribution is -2.44. The molecular formula is C16H26N4O2S. The molecule has 0 spiro atoms. The van der Waals surface area contributed by atoms with Crippen LogP contribution in [0.5, 0.6) is 0 Å². The molecule has 2 N–H and O–H groups in total. The summed E-state index contributed by atoms with van der Waals surface area (Å²) in [5.74, 6) is 0.680. The van der Waals surface area contributed by atoms with Crippen molar-refractivity contribution in [2.24, 2.45) is 4.99 Å². The van der Waals surface area contributed by atoms with Gasteiger partial charge >= 0.3 is 0 Å².